The summed E-state index contributed by atoms with van der Waals surface area (Å²) in [6.07, 6.45) is 2.49. The van der Waals surface area contributed by atoms with Gasteiger partial charge >= 0.3 is 0 Å². The van der Waals surface area contributed by atoms with E-state index >= 15 is 0 Å². The van der Waals surface area contributed by atoms with E-state index in [2.05, 4.69) is 4.90 Å². The largest absolute Gasteiger partial charge is 0.382 e. The Morgan fingerprint density at radius 2 is 1.82 bits per heavy atom. The smallest absolute Gasteiger partial charge is 0.0701 e. The SMILES string of the molecule is COCCOCCOCCN1CCCC1CCl. The molecule has 102 valence electrons. The second-order valence-electron chi connectivity index (χ2n) is 4.20. The fourth-order valence-electron chi connectivity index (χ4n) is 2.01. The van der Waals surface area contributed by atoms with Gasteiger partial charge in [-0.15, -0.1) is 11.6 Å². The van der Waals surface area contributed by atoms with E-state index in [9.17, 15) is 0 Å². The monoisotopic (exact) mass is 265 g/mol. The highest BCUT2D eigenvalue weighted by Gasteiger charge is 2.22. The fourth-order valence-corrected chi connectivity index (χ4v) is 2.36. The number of hydrogen-bond donors (Lipinski definition) is 0. The highest BCUT2D eigenvalue weighted by molar-refractivity contribution is 6.18. The van der Waals surface area contributed by atoms with Gasteiger partial charge in [-0.25, -0.2) is 0 Å². The topological polar surface area (TPSA) is 30.9 Å². The van der Waals surface area contributed by atoms with Crippen molar-refractivity contribution in [2.75, 3.05) is 59.1 Å². The van der Waals surface area contributed by atoms with Crippen molar-refractivity contribution in [3.05, 3.63) is 0 Å². The zero-order valence-corrected chi connectivity index (χ0v) is 11.5. The van der Waals surface area contributed by atoms with Crippen molar-refractivity contribution < 1.29 is 14.2 Å². The van der Waals surface area contributed by atoms with Gasteiger partial charge < -0.3 is 14.2 Å². The average Bonchev–Trinajstić information content (AvgIpc) is 2.80. The molecule has 1 unspecified atom stereocenters. The van der Waals surface area contributed by atoms with Crippen LogP contribution >= 0.6 is 11.6 Å². The van der Waals surface area contributed by atoms with E-state index in [1.54, 1.807) is 7.11 Å². The molecule has 1 aliphatic heterocycles. The van der Waals surface area contributed by atoms with Crippen LogP contribution in [0.1, 0.15) is 12.8 Å². The molecule has 5 heteroatoms. The second-order valence-corrected chi connectivity index (χ2v) is 4.51. The first-order valence-corrected chi connectivity index (χ1v) is 6.86. The van der Waals surface area contributed by atoms with E-state index < -0.39 is 0 Å². The van der Waals surface area contributed by atoms with Gasteiger partial charge in [0.15, 0.2) is 0 Å². The number of methoxy groups -OCH3 is 1. The normalized spacial score (nSPS) is 21.2. The van der Waals surface area contributed by atoms with Gasteiger partial charge in [0.05, 0.1) is 33.0 Å². The molecule has 1 rings (SSSR count). The van der Waals surface area contributed by atoms with E-state index in [0.29, 0.717) is 32.5 Å². The summed E-state index contributed by atoms with van der Waals surface area (Å²) in [6.45, 7) is 5.48. The number of likely N-dealkylation sites (tertiary alicyclic amines) is 1. The Hall–Kier alpha value is 0.130. The molecule has 1 aliphatic rings. The minimum absolute atomic E-state index is 0.554. The summed E-state index contributed by atoms with van der Waals surface area (Å²) < 4.78 is 15.7. The minimum Gasteiger partial charge on any atom is -0.382 e. The predicted octanol–water partition coefficient (Wildman–Crippen LogP) is 1.37. The van der Waals surface area contributed by atoms with Crippen LogP contribution in [0.5, 0.6) is 0 Å². The number of rotatable bonds is 10. The zero-order valence-electron chi connectivity index (χ0n) is 10.7. The van der Waals surface area contributed by atoms with Crippen molar-refractivity contribution in [3.63, 3.8) is 0 Å². The Kier molecular flexibility index (Phi) is 9.01. The quantitative estimate of drug-likeness (QED) is 0.441. The standard InChI is InChI=1S/C12H24ClNO3/c1-15-7-8-17-10-9-16-6-5-14-4-2-3-12(14)11-13/h12H,2-11H2,1H3. The molecule has 1 heterocycles. The number of ether oxygens (including phenoxy) is 3. The highest BCUT2D eigenvalue weighted by Crippen LogP contribution is 2.17. The average molecular weight is 266 g/mol. The lowest BCUT2D eigenvalue weighted by Gasteiger charge is -2.22. The van der Waals surface area contributed by atoms with E-state index in [0.717, 1.165) is 25.6 Å². The third-order valence-electron chi connectivity index (χ3n) is 3.00. The van der Waals surface area contributed by atoms with Crippen LogP contribution in [0.2, 0.25) is 0 Å². The predicted molar refractivity (Wildman–Crippen MR) is 68.8 cm³/mol. The van der Waals surface area contributed by atoms with E-state index in [-0.39, 0.29) is 0 Å². The molecular formula is C12H24ClNO3. The van der Waals surface area contributed by atoms with Gasteiger partial charge in [-0.3, -0.25) is 4.90 Å². The van der Waals surface area contributed by atoms with Crippen molar-refractivity contribution in [3.8, 4) is 0 Å². The van der Waals surface area contributed by atoms with Crippen LogP contribution in [-0.2, 0) is 14.2 Å². The minimum atomic E-state index is 0.554. The second kappa shape index (κ2) is 10.1. The lowest BCUT2D eigenvalue weighted by Crippen LogP contribution is -2.33. The van der Waals surface area contributed by atoms with E-state index in [1.807, 2.05) is 0 Å². The van der Waals surface area contributed by atoms with Crippen molar-refractivity contribution in [2.45, 2.75) is 18.9 Å². The number of alkyl halides is 1. The van der Waals surface area contributed by atoms with Gasteiger partial charge in [-0.2, -0.15) is 0 Å². The first kappa shape index (κ1) is 15.2. The number of hydrogen-bond acceptors (Lipinski definition) is 4. The lowest BCUT2D eigenvalue weighted by atomic mass is 10.2. The number of halogens is 1. The molecule has 0 aromatic carbocycles. The molecule has 4 nitrogen and oxygen atoms in total. The summed E-state index contributed by atoms with van der Waals surface area (Å²) in [5.41, 5.74) is 0. The van der Waals surface area contributed by atoms with Crippen LogP contribution in [-0.4, -0.2) is 70.1 Å². The third-order valence-corrected chi connectivity index (χ3v) is 3.36. The van der Waals surface area contributed by atoms with Gasteiger partial charge in [-0.05, 0) is 19.4 Å². The molecule has 0 saturated carbocycles. The molecule has 0 aromatic heterocycles. The molecule has 0 aromatic rings. The van der Waals surface area contributed by atoms with Gasteiger partial charge in [0, 0.05) is 25.6 Å². The first-order valence-electron chi connectivity index (χ1n) is 6.33. The summed E-state index contributed by atoms with van der Waals surface area (Å²) >= 11 is 5.90. The molecule has 0 radical (unpaired) electrons. The molecule has 1 saturated heterocycles. The maximum Gasteiger partial charge on any atom is 0.0701 e. The lowest BCUT2D eigenvalue weighted by molar-refractivity contribution is 0.0192. The molecule has 17 heavy (non-hydrogen) atoms. The summed E-state index contributed by atoms with van der Waals surface area (Å²) in [4.78, 5) is 2.42. The molecule has 0 amide bonds. The molecule has 0 aliphatic carbocycles. The van der Waals surface area contributed by atoms with Crippen molar-refractivity contribution in [1.29, 1.82) is 0 Å². The maximum absolute atomic E-state index is 5.90. The van der Waals surface area contributed by atoms with Crippen LogP contribution in [0.4, 0.5) is 0 Å². The van der Waals surface area contributed by atoms with Crippen LogP contribution in [0.25, 0.3) is 0 Å². The number of nitrogens with zero attached hydrogens (tertiary/aromatic N) is 1. The first-order chi connectivity index (χ1) is 8.38. The van der Waals surface area contributed by atoms with E-state index in [4.69, 9.17) is 25.8 Å². The molecule has 0 N–H and O–H groups in total. The van der Waals surface area contributed by atoms with Gasteiger partial charge in [-0.1, -0.05) is 0 Å². The van der Waals surface area contributed by atoms with Crippen molar-refractivity contribution >= 4 is 11.6 Å². The maximum atomic E-state index is 5.90. The van der Waals surface area contributed by atoms with Crippen LogP contribution in [0.15, 0.2) is 0 Å². The summed E-state index contributed by atoms with van der Waals surface area (Å²) in [6, 6.07) is 0.554. The summed E-state index contributed by atoms with van der Waals surface area (Å²) in [5, 5.41) is 0. The third kappa shape index (κ3) is 6.58. The molecule has 1 fully saturated rings. The Morgan fingerprint density at radius 3 is 2.53 bits per heavy atom. The van der Waals surface area contributed by atoms with Crippen molar-refractivity contribution in [1.82, 2.24) is 4.90 Å². The van der Waals surface area contributed by atoms with Gasteiger partial charge in [0.25, 0.3) is 0 Å². The van der Waals surface area contributed by atoms with Gasteiger partial charge in [0.1, 0.15) is 0 Å². The Labute approximate surface area is 109 Å². The zero-order chi connectivity index (χ0) is 12.3. The molecule has 1 atom stereocenters. The Bertz CT molecular complexity index is 183. The van der Waals surface area contributed by atoms with Crippen LogP contribution < -0.4 is 0 Å². The Morgan fingerprint density at radius 1 is 1.12 bits per heavy atom. The van der Waals surface area contributed by atoms with Crippen LogP contribution in [0.3, 0.4) is 0 Å². The van der Waals surface area contributed by atoms with E-state index in [1.165, 1.54) is 12.8 Å². The molecular weight excluding hydrogens is 242 g/mol. The summed E-state index contributed by atoms with van der Waals surface area (Å²) in [5.74, 6) is 0.736. The fraction of sp³-hybridized carbons (Fsp3) is 1.00. The highest BCUT2D eigenvalue weighted by atomic mass is 35.5. The van der Waals surface area contributed by atoms with Crippen molar-refractivity contribution in [2.24, 2.45) is 0 Å². The Balaban J connectivity index is 1.87. The van der Waals surface area contributed by atoms with Crippen LogP contribution in [0, 0.1) is 0 Å². The molecule has 0 bridgehead atoms. The molecule has 0 spiro atoms. The summed E-state index contributed by atoms with van der Waals surface area (Å²) in [7, 11) is 1.67. The van der Waals surface area contributed by atoms with Gasteiger partial charge in [0.2, 0.25) is 0 Å².